The van der Waals surface area contributed by atoms with E-state index in [0.717, 1.165) is 41.5 Å². The van der Waals surface area contributed by atoms with Gasteiger partial charge in [-0.3, -0.25) is 24.2 Å². The van der Waals surface area contributed by atoms with Gasteiger partial charge >= 0.3 is 0 Å². The Kier molecular flexibility index (Phi) is 5.68. The van der Waals surface area contributed by atoms with Crippen LogP contribution in [0.1, 0.15) is 36.5 Å². The Hall–Kier alpha value is -3.95. The van der Waals surface area contributed by atoms with Crippen LogP contribution in [0.3, 0.4) is 0 Å². The Balaban J connectivity index is 1.09. The highest BCUT2D eigenvalue weighted by atomic mass is 16.6. The van der Waals surface area contributed by atoms with Crippen molar-refractivity contribution >= 4 is 34.2 Å². The Labute approximate surface area is 244 Å². The molecule has 0 radical (unpaired) electrons. The first-order chi connectivity index (χ1) is 20.3. The summed E-state index contributed by atoms with van der Waals surface area (Å²) in [5, 5.41) is 4.23. The van der Waals surface area contributed by atoms with Crippen molar-refractivity contribution in [2.45, 2.75) is 62.7 Å². The highest BCUT2D eigenvalue weighted by Gasteiger charge is 2.61. The number of fused-ring (bicyclic) bond motifs is 5. The SMILES string of the molecule is CN1C[C@H](C(=O)N[C@]2(C)OC3[C@@H]4CCCN4C(=O)C(Cc4ccccc4)N3C2=O)C=C2c3cccc4[nH]cc(c34)C[C@H]21. The fourth-order valence-corrected chi connectivity index (χ4v) is 8.01. The molecule has 0 bridgehead atoms. The van der Waals surface area contributed by atoms with Gasteiger partial charge in [0.2, 0.25) is 17.5 Å². The lowest BCUT2D eigenvalue weighted by Crippen LogP contribution is -2.65. The van der Waals surface area contributed by atoms with E-state index in [0.29, 0.717) is 19.5 Å². The third-order valence-corrected chi connectivity index (χ3v) is 10.0. The molecule has 5 aliphatic rings. The number of rotatable bonds is 4. The predicted octanol–water partition coefficient (Wildman–Crippen LogP) is 2.67. The number of likely N-dealkylation sites (N-methyl/N-ethyl adjacent to an activating group) is 1. The molecule has 1 aromatic heterocycles. The van der Waals surface area contributed by atoms with Crippen LogP contribution in [0.15, 0.2) is 60.8 Å². The summed E-state index contributed by atoms with van der Waals surface area (Å²) >= 11 is 0. The molecule has 42 heavy (non-hydrogen) atoms. The largest absolute Gasteiger partial charge is 0.361 e. The zero-order valence-electron chi connectivity index (χ0n) is 23.9. The average molecular weight is 566 g/mol. The number of aromatic amines is 1. The van der Waals surface area contributed by atoms with Gasteiger partial charge in [-0.1, -0.05) is 48.5 Å². The summed E-state index contributed by atoms with van der Waals surface area (Å²) in [6.07, 6.45) is 6.54. The van der Waals surface area contributed by atoms with Gasteiger partial charge in [-0.15, -0.1) is 0 Å². The average Bonchev–Trinajstić information content (AvgIpc) is 3.70. The number of amides is 3. The lowest BCUT2D eigenvalue weighted by atomic mass is 9.79. The third-order valence-electron chi connectivity index (χ3n) is 10.0. The van der Waals surface area contributed by atoms with Crippen molar-refractivity contribution in [2.75, 3.05) is 20.1 Å². The van der Waals surface area contributed by atoms with Crippen LogP contribution in [0, 0.1) is 5.92 Å². The number of piperazine rings is 1. The van der Waals surface area contributed by atoms with Crippen LogP contribution >= 0.6 is 0 Å². The molecule has 3 aromatic rings. The topological polar surface area (TPSA) is 98.0 Å². The minimum Gasteiger partial charge on any atom is -0.361 e. The fraction of sp³-hybridized carbons (Fsp3) is 0.424. The number of ether oxygens (including phenoxy) is 1. The summed E-state index contributed by atoms with van der Waals surface area (Å²) in [6.45, 7) is 2.85. The summed E-state index contributed by atoms with van der Waals surface area (Å²) in [4.78, 5) is 50.8. The van der Waals surface area contributed by atoms with Crippen molar-refractivity contribution < 1.29 is 19.1 Å². The standard InChI is InChI=1S/C33H35N5O4/c1-33(32(41)38-27(14-19-8-4-3-5-9-19)30(40)37-13-7-12-25(37)31(38)42-33)35-29(39)21-15-23-22-10-6-11-24-28(22)20(17-34-24)16-26(23)36(2)18-21/h3-6,8-11,15,17,21,25-27,31,34H,7,12-14,16,18H2,1-2H3,(H,35,39)/t21-,25+,26-,27?,31?,33-/m1/s1. The van der Waals surface area contributed by atoms with E-state index >= 15 is 0 Å². The highest BCUT2D eigenvalue weighted by Crippen LogP contribution is 2.42. The second-order valence-corrected chi connectivity index (χ2v) is 12.6. The molecule has 216 valence electrons. The molecule has 2 aromatic carbocycles. The van der Waals surface area contributed by atoms with Crippen LogP contribution in [-0.2, 0) is 32.0 Å². The molecule has 5 heterocycles. The zero-order valence-corrected chi connectivity index (χ0v) is 23.9. The number of carbonyl (C=O) groups excluding carboxylic acids is 3. The van der Waals surface area contributed by atoms with Gasteiger partial charge in [0.1, 0.15) is 6.04 Å². The van der Waals surface area contributed by atoms with Crippen LogP contribution in [0.2, 0.25) is 0 Å². The van der Waals surface area contributed by atoms with Crippen molar-refractivity contribution in [3.63, 3.8) is 0 Å². The molecule has 4 aliphatic heterocycles. The van der Waals surface area contributed by atoms with E-state index in [-0.39, 0.29) is 29.8 Å². The minimum absolute atomic E-state index is 0.0367. The number of nitrogens with one attached hydrogen (secondary N) is 2. The van der Waals surface area contributed by atoms with Crippen LogP contribution in [-0.4, -0.2) is 87.6 Å². The van der Waals surface area contributed by atoms with Crippen molar-refractivity contribution in [3.05, 3.63) is 77.5 Å². The minimum atomic E-state index is -1.55. The second kappa shape index (κ2) is 9.28. The van der Waals surface area contributed by atoms with E-state index in [1.807, 2.05) is 41.3 Å². The quantitative estimate of drug-likeness (QED) is 0.507. The van der Waals surface area contributed by atoms with Crippen LogP contribution in [0.4, 0.5) is 0 Å². The van der Waals surface area contributed by atoms with Crippen molar-refractivity contribution in [1.29, 1.82) is 0 Å². The summed E-state index contributed by atoms with van der Waals surface area (Å²) in [6, 6.07) is 15.4. The smallest absolute Gasteiger partial charge is 0.278 e. The highest BCUT2D eigenvalue weighted by molar-refractivity contribution is 6.00. The first kappa shape index (κ1) is 25.7. The molecule has 9 heteroatoms. The summed E-state index contributed by atoms with van der Waals surface area (Å²) in [5.41, 5.74) is 4.14. The van der Waals surface area contributed by atoms with Crippen LogP contribution in [0.5, 0.6) is 0 Å². The molecule has 3 amide bonds. The molecule has 2 unspecified atom stereocenters. The van der Waals surface area contributed by atoms with Gasteiger partial charge in [0.05, 0.1) is 12.0 Å². The van der Waals surface area contributed by atoms with Gasteiger partial charge in [-0.2, -0.15) is 0 Å². The second-order valence-electron chi connectivity index (χ2n) is 12.6. The maximum atomic E-state index is 14.1. The molecule has 6 atom stereocenters. The molecule has 0 saturated carbocycles. The molecule has 2 N–H and O–H groups in total. The number of nitrogens with zero attached hydrogens (tertiary/aromatic N) is 3. The molecular weight excluding hydrogens is 530 g/mol. The summed E-state index contributed by atoms with van der Waals surface area (Å²) < 4.78 is 6.49. The number of hydrogen-bond donors (Lipinski definition) is 2. The zero-order chi connectivity index (χ0) is 28.7. The maximum absolute atomic E-state index is 14.1. The van der Waals surface area contributed by atoms with Gasteiger partial charge < -0.3 is 19.9 Å². The van der Waals surface area contributed by atoms with Crippen molar-refractivity contribution in [3.8, 4) is 0 Å². The Morgan fingerprint density at radius 1 is 1.14 bits per heavy atom. The number of hydrogen-bond acceptors (Lipinski definition) is 5. The van der Waals surface area contributed by atoms with Gasteiger partial charge in [0.15, 0.2) is 6.23 Å². The summed E-state index contributed by atoms with van der Waals surface area (Å²) in [5.74, 6) is -1.08. The van der Waals surface area contributed by atoms with Gasteiger partial charge in [-0.25, -0.2) is 0 Å². The number of carbonyl (C=O) groups is 3. The Morgan fingerprint density at radius 2 is 1.98 bits per heavy atom. The van der Waals surface area contributed by atoms with E-state index < -0.39 is 23.9 Å². The molecule has 3 fully saturated rings. The van der Waals surface area contributed by atoms with E-state index in [2.05, 4.69) is 46.7 Å². The van der Waals surface area contributed by atoms with Gasteiger partial charge in [-0.05, 0) is 61.6 Å². The van der Waals surface area contributed by atoms with E-state index in [1.165, 1.54) is 10.9 Å². The molecule has 0 spiro atoms. The van der Waals surface area contributed by atoms with E-state index in [1.54, 1.807) is 11.8 Å². The van der Waals surface area contributed by atoms with Gasteiger partial charge in [0, 0.05) is 42.7 Å². The number of benzene rings is 2. The maximum Gasteiger partial charge on any atom is 0.278 e. The number of aromatic nitrogens is 1. The van der Waals surface area contributed by atoms with E-state index in [4.69, 9.17) is 4.74 Å². The van der Waals surface area contributed by atoms with Crippen LogP contribution in [0.25, 0.3) is 16.5 Å². The number of H-pyrrole nitrogens is 1. The Bertz CT molecular complexity index is 1650. The third kappa shape index (κ3) is 3.72. The van der Waals surface area contributed by atoms with E-state index in [9.17, 15) is 14.4 Å². The molecule has 1 aliphatic carbocycles. The first-order valence-electron chi connectivity index (χ1n) is 15.0. The fourth-order valence-electron chi connectivity index (χ4n) is 8.01. The lowest BCUT2D eigenvalue weighted by Gasteiger charge is -2.44. The van der Waals surface area contributed by atoms with Crippen LogP contribution < -0.4 is 5.32 Å². The monoisotopic (exact) mass is 565 g/mol. The van der Waals surface area contributed by atoms with Crippen molar-refractivity contribution in [2.24, 2.45) is 5.92 Å². The first-order valence-corrected chi connectivity index (χ1v) is 15.0. The van der Waals surface area contributed by atoms with Gasteiger partial charge in [0.25, 0.3) is 5.91 Å². The molecule has 8 rings (SSSR count). The predicted molar refractivity (Wildman–Crippen MR) is 157 cm³/mol. The molecular formula is C33H35N5O4. The Morgan fingerprint density at radius 3 is 2.81 bits per heavy atom. The molecule has 3 saturated heterocycles. The normalized spacial score (nSPS) is 32.0. The lowest BCUT2D eigenvalue weighted by molar-refractivity contribution is -0.165. The van der Waals surface area contributed by atoms with Crippen molar-refractivity contribution in [1.82, 2.24) is 25.0 Å². The molecule has 9 nitrogen and oxygen atoms in total. The summed E-state index contributed by atoms with van der Waals surface area (Å²) in [7, 11) is 2.06.